The molecule has 1 saturated carbocycles. The zero-order chi connectivity index (χ0) is 35.0. The zero-order valence-electron chi connectivity index (χ0n) is 28.6. The lowest BCUT2D eigenvalue weighted by Crippen LogP contribution is -2.48. The molecule has 0 bridgehead atoms. The summed E-state index contributed by atoms with van der Waals surface area (Å²) in [6.45, 7) is 5.55. The van der Waals surface area contributed by atoms with E-state index in [0.717, 1.165) is 73.0 Å². The van der Waals surface area contributed by atoms with Crippen molar-refractivity contribution in [1.82, 2.24) is 41.6 Å². The first-order valence-electron chi connectivity index (χ1n) is 17.5. The minimum atomic E-state index is -0.790. The second-order valence-corrected chi connectivity index (χ2v) is 13.6. The number of benzene rings is 2. The van der Waals surface area contributed by atoms with E-state index in [1.54, 1.807) is 30.3 Å². The van der Waals surface area contributed by atoms with Crippen molar-refractivity contribution in [2.24, 2.45) is 17.6 Å². The number of carbonyl (C=O) groups excluding carboxylic acids is 3. The number of tetrazole rings is 1. The van der Waals surface area contributed by atoms with Crippen LogP contribution in [-0.4, -0.2) is 74.5 Å². The van der Waals surface area contributed by atoms with Gasteiger partial charge in [0.05, 0.1) is 0 Å². The summed E-state index contributed by atoms with van der Waals surface area (Å²) in [5, 5.41) is 26.6. The van der Waals surface area contributed by atoms with Gasteiger partial charge >= 0.3 is 0 Å². The molecule has 6 rings (SSSR count). The summed E-state index contributed by atoms with van der Waals surface area (Å²) in [5.74, 6) is 0.186. The Kier molecular flexibility index (Phi) is 11.2. The molecule has 2 aliphatic rings. The summed E-state index contributed by atoms with van der Waals surface area (Å²) in [4.78, 5) is 44.7. The van der Waals surface area contributed by atoms with Crippen molar-refractivity contribution in [2.45, 2.75) is 76.9 Å². The summed E-state index contributed by atoms with van der Waals surface area (Å²) in [7, 11) is 0. The molecule has 262 valence electrons. The number of nitrogens with two attached hydrogens (primary N) is 1. The molecule has 0 spiro atoms. The number of anilines is 1. The number of aryl methyl sites for hydroxylation is 1. The molecule has 13 nitrogen and oxygen atoms in total. The van der Waals surface area contributed by atoms with Gasteiger partial charge in [0.15, 0.2) is 0 Å². The summed E-state index contributed by atoms with van der Waals surface area (Å²) < 4.78 is 0. The van der Waals surface area contributed by atoms with E-state index in [4.69, 9.17) is 5.73 Å². The number of nitrogens with one attached hydrogen (secondary N) is 5. The first kappa shape index (κ1) is 34.8. The Morgan fingerprint density at radius 2 is 1.68 bits per heavy atom. The van der Waals surface area contributed by atoms with Crippen LogP contribution in [0.25, 0.3) is 22.5 Å². The second-order valence-electron chi connectivity index (χ2n) is 13.6. The van der Waals surface area contributed by atoms with Crippen molar-refractivity contribution in [3.63, 3.8) is 0 Å². The van der Waals surface area contributed by atoms with Crippen LogP contribution < -0.4 is 27.0 Å². The lowest BCUT2D eigenvalue weighted by molar-refractivity contribution is -0.130. The number of carbonyl (C=O) groups is 3. The minimum Gasteiger partial charge on any atom is -0.348 e. The van der Waals surface area contributed by atoms with Crippen molar-refractivity contribution >= 4 is 23.4 Å². The maximum Gasteiger partial charge on any atom is 0.270 e. The molecule has 7 N–H and O–H groups in total. The Bertz CT molecular complexity index is 1750. The van der Waals surface area contributed by atoms with E-state index in [0.29, 0.717) is 42.1 Å². The van der Waals surface area contributed by atoms with Crippen LogP contribution in [0, 0.1) is 18.8 Å². The van der Waals surface area contributed by atoms with Gasteiger partial charge in [-0.1, -0.05) is 30.3 Å². The number of hydrogen-bond donors (Lipinski definition) is 6. The quantitative estimate of drug-likeness (QED) is 0.138. The number of pyridine rings is 1. The number of aromatic amines is 1. The third-order valence-electron chi connectivity index (χ3n) is 9.92. The summed E-state index contributed by atoms with van der Waals surface area (Å²) in [5.41, 5.74) is 11.1. The van der Waals surface area contributed by atoms with Crippen LogP contribution in [-0.2, 0) is 16.0 Å². The van der Waals surface area contributed by atoms with E-state index in [2.05, 4.69) is 53.8 Å². The van der Waals surface area contributed by atoms with Gasteiger partial charge in [-0.3, -0.25) is 14.4 Å². The van der Waals surface area contributed by atoms with Crippen molar-refractivity contribution in [2.75, 3.05) is 18.4 Å². The van der Waals surface area contributed by atoms with E-state index in [1.807, 2.05) is 37.3 Å². The van der Waals surface area contributed by atoms with E-state index < -0.39 is 6.04 Å². The standard InChI is InChI=1S/C37H46N10O3/c1-22-19-30(17-18-39-22)42-36(49)32-16-15-31(23(2)40-32)26-7-3-24(4-8-26)20-33(43-35(48)28-9-5-25(21-38)6-10-28)37(50)41-29-13-11-27(12-14-29)34-44-46-47-45-34/h3-4,7-8,11-16,22,25,28,30,33,39H,5-6,9-10,17-21,38H2,1-2H3,(H,41,50)(H,42,49)(H,43,48)(H,44,45,46,47)/t22-,25-,28-,30-,33+/m1/s1. The number of rotatable bonds is 11. The molecule has 3 heterocycles. The van der Waals surface area contributed by atoms with Crippen LogP contribution in [0.15, 0.2) is 60.7 Å². The van der Waals surface area contributed by atoms with Gasteiger partial charge in [-0.05, 0) is 118 Å². The van der Waals surface area contributed by atoms with Gasteiger partial charge in [-0.2, -0.15) is 5.21 Å². The fraction of sp³-hybridized carbons (Fsp3) is 0.432. The largest absolute Gasteiger partial charge is 0.348 e. The fourth-order valence-corrected chi connectivity index (χ4v) is 6.95. The van der Waals surface area contributed by atoms with Crippen LogP contribution >= 0.6 is 0 Å². The average molecular weight is 679 g/mol. The first-order chi connectivity index (χ1) is 24.2. The molecule has 2 aromatic heterocycles. The predicted octanol–water partition coefficient (Wildman–Crippen LogP) is 3.54. The van der Waals surface area contributed by atoms with Gasteiger partial charge in [0.1, 0.15) is 11.7 Å². The Hall–Kier alpha value is -5.01. The van der Waals surface area contributed by atoms with Crippen molar-refractivity contribution < 1.29 is 14.4 Å². The molecule has 0 radical (unpaired) electrons. The van der Waals surface area contributed by atoms with Gasteiger partial charge in [0.2, 0.25) is 17.6 Å². The SMILES string of the molecule is Cc1nc(C(=O)N[C@@H]2CCN[C@H](C)C2)ccc1-c1ccc(C[C@H](NC(=O)[C@H]2CC[C@H](CN)CC2)C(=O)Nc2ccc(-c3nn[nH]n3)cc2)cc1. The molecule has 3 amide bonds. The summed E-state index contributed by atoms with van der Waals surface area (Å²) in [6.07, 6.45) is 5.46. The lowest BCUT2D eigenvalue weighted by atomic mass is 9.81. The number of nitrogens with zero attached hydrogens (tertiary/aromatic N) is 4. The van der Waals surface area contributed by atoms with E-state index in [-0.39, 0.29) is 29.7 Å². The molecule has 2 fully saturated rings. The highest BCUT2D eigenvalue weighted by Crippen LogP contribution is 2.29. The van der Waals surface area contributed by atoms with Gasteiger partial charge in [-0.25, -0.2) is 4.98 Å². The molecule has 1 aliphatic heterocycles. The third kappa shape index (κ3) is 8.77. The van der Waals surface area contributed by atoms with E-state index in [1.165, 1.54) is 0 Å². The normalized spacial score (nSPS) is 21.2. The van der Waals surface area contributed by atoms with Gasteiger partial charge in [0, 0.05) is 46.9 Å². The maximum absolute atomic E-state index is 13.7. The molecular formula is C37H46N10O3. The Morgan fingerprint density at radius 1 is 0.940 bits per heavy atom. The number of aromatic nitrogens is 5. The molecular weight excluding hydrogens is 632 g/mol. The monoisotopic (exact) mass is 678 g/mol. The Balaban J connectivity index is 1.13. The van der Waals surface area contributed by atoms with E-state index in [9.17, 15) is 14.4 Å². The Morgan fingerprint density at radius 3 is 2.34 bits per heavy atom. The van der Waals surface area contributed by atoms with Crippen LogP contribution in [0.3, 0.4) is 0 Å². The molecule has 2 aromatic carbocycles. The van der Waals surface area contributed by atoms with Crippen LogP contribution in [0.1, 0.15) is 67.2 Å². The second kappa shape index (κ2) is 16.1. The zero-order valence-corrected chi connectivity index (χ0v) is 28.6. The van der Waals surface area contributed by atoms with Gasteiger partial charge < -0.3 is 27.0 Å². The molecule has 3 atom stereocenters. The predicted molar refractivity (Wildman–Crippen MR) is 191 cm³/mol. The first-order valence-corrected chi connectivity index (χ1v) is 17.5. The molecule has 1 saturated heterocycles. The molecule has 13 heteroatoms. The van der Waals surface area contributed by atoms with Gasteiger partial charge in [0.25, 0.3) is 5.91 Å². The Labute approximate surface area is 292 Å². The maximum atomic E-state index is 13.7. The molecule has 50 heavy (non-hydrogen) atoms. The van der Waals surface area contributed by atoms with Crippen LogP contribution in [0.4, 0.5) is 5.69 Å². The topological polar surface area (TPSA) is 193 Å². The molecule has 1 aliphatic carbocycles. The van der Waals surface area contributed by atoms with Crippen LogP contribution in [0.5, 0.6) is 0 Å². The fourth-order valence-electron chi connectivity index (χ4n) is 6.95. The highest BCUT2D eigenvalue weighted by Gasteiger charge is 2.29. The lowest BCUT2D eigenvalue weighted by Gasteiger charge is -2.28. The summed E-state index contributed by atoms with van der Waals surface area (Å²) >= 11 is 0. The van der Waals surface area contributed by atoms with Crippen molar-refractivity contribution in [3.05, 3.63) is 77.6 Å². The highest BCUT2D eigenvalue weighted by atomic mass is 16.2. The van der Waals surface area contributed by atoms with Gasteiger partial charge in [-0.15, -0.1) is 10.2 Å². The number of piperidine rings is 1. The number of amides is 3. The average Bonchev–Trinajstić information content (AvgIpc) is 3.67. The smallest absolute Gasteiger partial charge is 0.270 e. The van der Waals surface area contributed by atoms with E-state index >= 15 is 0 Å². The molecule has 0 unspecified atom stereocenters. The van der Waals surface area contributed by atoms with Crippen molar-refractivity contribution in [1.29, 1.82) is 0 Å². The number of H-pyrrole nitrogens is 1. The highest BCUT2D eigenvalue weighted by molar-refractivity contribution is 5.98. The minimum absolute atomic E-state index is 0.106. The number of hydrogen-bond acceptors (Lipinski definition) is 9. The van der Waals surface area contributed by atoms with Crippen LogP contribution in [0.2, 0.25) is 0 Å². The third-order valence-corrected chi connectivity index (χ3v) is 9.92. The molecule has 4 aromatic rings. The van der Waals surface area contributed by atoms with Crippen molar-refractivity contribution in [3.8, 4) is 22.5 Å². The summed E-state index contributed by atoms with van der Waals surface area (Å²) in [6, 6.07) is 18.4.